The van der Waals surface area contributed by atoms with Crippen LogP contribution in [0.2, 0.25) is 10.0 Å². The number of nitrogens with two attached hydrogens (primary N) is 1. The Morgan fingerprint density at radius 2 is 1.92 bits per heavy atom. The van der Waals surface area contributed by atoms with Crippen LogP contribution in [0, 0.1) is 10.1 Å². The molecule has 136 valence electrons. The van der Waals surface area contributed by atoms with Gasteiger partial charge in [-0.05, 0) is 31.2 Å². The van der Waals surface area contributed by atoms with Crippen LogP contribution >= 0.6 is 23.2 Å². The van der Waals surface area contributed by atoms with E-state index in [4.69, 9.17) is 33.7 Å². The monoisotopic (exact) mass is 397 g/mol. The molecule has 3 N–H and O–H groups in total. The van der Waals surface area contributed by atoms with E-state index in [1.165, 1.54) is 31.2 Å². The number of non-ortho nitro benzene ring substituents is 1. The first-order valence-corrected chi connectivity index (χ1v) is 7.95. The zero-order valence-corrected chi connectivity index (χ0v) is 14.9. The Morgan fingerprint density at radius 3 is 2.54 bits per heavy atom. The molecule has 10 heteroatoms. The molecule has 0 aliphatic rings. The van der Waals surface area contributed by atoms with Gasteiger partial charge in [0.2, 0.25) is 0 Å². The van der Waals surface area contributed by atoms with Crippen LogP contribution in [0.5, 0.6) is 0 Å². The molecule has 1 atom stereocenters. The summed E-state index contributed by atoms with van der Waals surface area (Å²) in [6.07, 6.45) is -1.20. The van der Waals surface area contributed by atoms with E-state index in [0.717, 1.165) is 12.1 Å². The quantitative estimate of drug-likeness (QED) is 0.343. The van der Waals surface area contributed by atoms with Crippen LogP contribution in [0.25, 0.3) is 0 Å². The number of carbonyl (C=O) groups excluding carboxylic acids is 2. The van der Waals surface area contributed by atoms with Crippen LogP contribution in [-0.4, -0.2) is 22.9 Å². The van der Waals surface area contributed by atoms with Gasteiger partial charge in [0.15, 0.2) is 6.10 Å². The van der Waals surface area contributed by atoms with E-state index in [2.05, 4.69) is 5.32 Å². The van der Waals surface area contributed by atoms with Crippen molar-refractivity contribution < 1.29 is 19.2 Å². The summed E-state index contributed by atoms with van der Waals surface area (Å²) in [7, 11) is 0. The number of amides is 1. The van der Waals surface area contributed by atoms with Crippen molar-refractivity contribution >= 4 is 52.1 Å². The Hall–Kier alpha value is -2.84. The maximum atomic E-state index is 12.2. The standard InChI is InChI=1S/C16H13Cl2N3O5/c1-8(15(22)20-14-5-2-9(17)6-12(14)18)26-16(23)11-7-10(21(24)25)3-4-13(11)19/h2-8H,19H2,1H3,(H,20,22)/t8-/m0/s1. The fourth-order valence-electron chi connectivity index (χ4n) is 1.94. The number of nitro groups is 1. The molecule has 1 amide bonds. The topological polar surface area (TPSA) is 125 Å². The number of nitrogens with zero attached hydrogens (tertiary/aromatic N) is 1. The number of anilines is 2. The highest BCUT2D eigenvalue weighted by atomic mass is 35.5. The summed E-state index contributed by atoms with van der Waals surface area (Å²) in [6, 6.07) is 7.83. The highest BCUT2D eigenvalue weighted by molar-refractivity contribution is 6.36. The lowest BCUT2D eigenvalue weighted by Crippen LogP contribution is -2.30. The van der Waals surface area contributed by atoms with Crippen molar-refractivity contribution in [2.45, 2.75) is 13.0 Å². The number of nitro benzene ring substituents is 1. The van der Waals surface area contributed by atoms with Gasteiger partial charge in [-0.1, -0.05) is 23.2 Å². The highest BCUT2D eigenvalue weighted by Crippen LogP contribution is 2.26. The minimum absolute atomic E-state index is 0.00560. The van der Waals surface area contributed by atoms with E-state index in [-0.39, 0.29) is 22.0 Å². The molecule has 0 saturated heterocycles. The predicted octanol–water partition coefficient (Wildman–Crippen LogP) is 3.67. The summed E-state index contributed by atoms with van der Waals surface area (Å²) in [5, 5.41) is 13.9. The third kappa shape index (κ3) is 4.62. The summed E-state index contributed by atoms with van der Waals surface area (Å²) < 4.78 is 5.03. The average molecular weight is 398 g/mol. The first-order valence-electron chi connectivity index (χ1n) is 7.20. The lowest BCUT2D eigenvalue weighted by molar-refractivity contribution is -0.384. The molecule has 0 saturated carbocycles. The molecule has 0 aromatic heterocycles. The lowest BCUT2D eigenvalue weighted by Gasteiger charge is -2.15. The van der Waals surface area contributed by atoms with Gasteiger partial charge in [0.25, 0.3) is 11.6 Å². The SMILES string of the molecule is C[C@H](OC(=O)c1cc([N+](=O)[O-])ccc1N)C(=O)Nc1ccc(Cl)cc1Cl. The molecule has 0 spiro atoms. The van der Waals surface area contributed by atoms with Crippen LogP contribution in [0.3, 0.4) is 0 Å². The third-order valence-corrected chi connectivity index (χ3v) is 3.86. The summed E-state index contributed by atoms with van der Waals surface area (Å²) in [5.74, 6) is -1.61. The van der Waals surface area contributed by atoms with Gasteiger partial charge in [0, 0.05) is 22.8 Å². The zero-order chi connectivity index (χ0) is 19.4. The Kier molecular flexibility index (Phi) is 6.01. The predicted molar refractivity (Wildman–Crippen MR) is 97.5 cm³/mol. The Labute approximate surface area is 158 Å². The van der Waals surface area contributed by atoms with Crippen LogP contribution in [0.15, 0.2) is 36.4 Å². The molecule has 2 aromatic carbocycles. The van der Waals surface area contributed by atoms with Gasteiger partial charge in [-0.3, -0.25) is 14.9 Å². The van der Waals surface area contributed by atoms with Crippen molar-refractivity contribution in [3.05, 3.63) is 62.1 Å². The van der Waals surface area contributed by atoms with E-state index in [1.807, 2.05) is 0 Å². The number of esters is 1. The molecule has 0 aliphatic heterocycles. The highest BCUT2D eigenvalue weighted by Gasteiger charge is 2.23. The number of halogens is 2. The minimum atomic E-state index is -1.20. The Morgan fingerprint density at radius 1 is 1.23 bits per heavy atom. The van der Waals surface area contributed by atoms with Crippen molar-refractivity contribution in [1.82, 2.24) is 0 Å². The van der Waals surface area contributed by atoms with Gasteiger partial charge in [0.1, 0.15) is 0 Å². The molecule has 0 unspecified atom stereocenters. The molecule has 0 heterocycles. The average Bonchev–Trinajstić information content (AvgIpc) is 2.57. The van der Waals surface area contributed by atoms with E-state index in [1.54, 1.807) is 0 Å². The molecule has 26 heavy (non-hydrogen) atoms. The summed E-state index contributed by atoms with van der Waals surface area (Å²) >= 11 is 11.7. The smallest absolute Gasteiger partial charge is 0.341 e. The van der Waals surface area contributed by atoms with Crippen molar-refractivity contribution in [2.24, 2.45) is 0 Å². The maximum absolute atomic E-state index is 12.2. The Bertz CT molecular complexity index is 888. The number of nitrogen functional groups attached to an aromatic ring is 1. The fourth-order valence-corrected chi connectivity index (χ4v) is 2.39. The number of benzene rings is 2. The number of hydrogen-bond acceptors (Lipinski definition) is 6. The number of carbonyl (C=O) groups is 2. The maximum Gasteiger partial charge on any atom is 0.341 e. The summed E-state index contributed by atoms with van der Waals surface area (Å²) in [4.78, 5) is 34.5. The van der Waals surface area contributed by atoms with Gasteiger partial charge in [-0.15, -0.1) is 0 Å². The summed E-state index contributed by atoms with van der Waals surface area (Å²) in [5.41, 5.74) is 5.40. The van der Waals surface area contributed by atoms with Gasteiger partial charge in [0.05, 0.1) is 21.2 Å². The van der Waals surface area contributed by atoms with Crippen molar-refractivity contribution in [2.75, 3.05) is 11.1 Å². The molecule has 0 bridgehead atoms. The summed E-state index contributed by atoms with van der Waals surface area (Å²) in [6.45, 7) is 1.34. The minimum Gasteiger partial charge on any atom is -0.449 e. The second-order valence-electron chi connectivity index (χ2n) is 5.19. The molecule has 0 radical (unpaired) electrons. The first-order chi connectivity index (χ1) is 12.2. The normalized spacial score (nSPS) is 11.5. The van der Waals surface area contributed by atoms with Crippen LogP contribution in [0.1, 0.15) is 17.3 Å². The van der Waals surface area contributed by atoms with Gasteiger partial charge in [-0.2, -0.15) is 0 Å². The molecular formula is C16H13Cl2N3O5. The van der Waals surface area contributed by atoms with Crippen LogP contribution in [0.4, 0.5) is 17.1 Å². The van der Waals surface area contributed by atoms with E-state index in [9.17, 15) is 19.7 Å². The van der Waals surface area contributed by atoms with Crippen LogP contribution < -0.4 is 11.1 Å². The van der Waals surface area contributed by atoms with Crippen molar-refractivity contribution in [3.63, 3.8) is 0 Å². The van der Waals surface area contributed by atoms with Gasteiger partial charge in [-0.25, -0.2) is 4.79 Å². The number of ether oxygens (including phenoxy) is 1. The second-order valence-corrected chi connectivity index (χ2v) is 6.03. The van der Waals surface area contributed by atoms with Crippen LogP contribution in [-0.2, 0) is 9.53 Å². The molecule has 0 aliphatic carbocycles. The Balaban J connectivity index is 2.10. The molecule has 2 rings (SSSR count). The fraction of sp³-hybridized carbons (Fsp3) is 0.125. The zero-order valence-electron chi connectivity index (χ0n) is 13.4. The molecule has 0 fully saturated rings. The molecular weight excluding hydrogens is 385 g/mol. The number of hydrogen-bond donors (Lipinski definition) is 2. The first kappa shape index (κ1) is 19.5. The second kappa shape index (κ2) is 8.03. The largest absolute Gasteiger partial charge is 0.449 e. The van der Waals surface area contributed by atoms with E-state index in [0.29, 0.717) is 10.7 Å². The molecule has 8 nitrogen and oxygen atoms in total. The number of rotatable bonds is 5. The molecule has 2 aromatic rings. The van der Waals surface area contributed by atoms with Gasteiger partial charge < -0.3 is 15.8 Å². The van der Waals surface area contributed by atoms with Crippen molar-refractivity contribution in [1.29, 1.82) is 0 Å². The lowest BCUT2D eigenvalue weighted by atomic mass is 10.1. The third-order valence-electron chi connectivity index (χ3n) is 3.31. The van der Waals surface area contributed by atoms with Gasteiger partial charge >= 0.3 is 5.97 Å². The number of nitrogens with one attached hydrogen (secondary N) is 1. The van der Waals surface area contributed by atoms with E-state index >= 15 is 0 Å². The van der Waals surface area contributed by atoms with E-state index < -0.39 is 22.9 Å². The van der Waals surface area contributed by atoms with Crippen molar-refractivity contribution in [3.8, 4) is 0 Å².